The maximum Gasteiger partial charge on any atom is 0.243 e. The molecule has 0 spiro atoms. The average Bonchev–Trinajstić information content (AvgIpc) is 2.95. The van der Waals surface area contributed by atoms with Crippen LogP contribution in [0.2, 0.25) is 0 Å². The zero-order valence-corrected chi connectivity index (χ0v) is 17.1. The van der Waals surface area contributed by atoms with Gasteiger partial charge in [0.05, 0.1) is 12.0 Å². The van der Waals surface area contributed by atoms with E-state index in [1.807, 2.05) is 24.3 Å². The first-order valence-corrected chi connectivity index (χ1v) is 10.8. The van der Waals surface area contributed by atoms with Gasteiger partial charge in [0.15, 0.2) is 5.78 Å². The molecule has 0 bridgehead atoms. The van der Waals surface area contributed by atoms with Crippen molar-refractivity contribution in [3.63, 3.8) is 0 Å². The van der Waals surface area contributed by atoms with Crippen molar-refractivity contribution in [2.45, 2.75) is 24.8 Å². The largest absolute Gasteiger partial charge is 0.497 e. The Balaban J connectivity index is 1.65. The monoisotopic (exact) mass is 402 g/mol. The van der Waals surface area contributed by atoms with Gasteiger partial charge in [-0.05, 0) is 49.7 Å². The molecule has 1 aliphatic heterocycles. The zero-order chi connectivity index (χ0) is 20.1. The molecule has 7 heteroatoms. The second-order valence-electron chi connectivity index (χ2n) is 6.96. The minimum atomic E-state index is -3.55. The second kappa shape index (κ2) is 8.86. The van der Waals surface area contributed by atoms with Crippen molar-refractivity contribution in [3.8, 4) is 5.75 Å². The van der Waals surface area contributed by atoms with E-state index >= 15 is 0 Å². The lowest BCUT2D eigenvalue weighted by Gasteiger charge is -2.22. The Kier molecular flexibility index (Phi) is 6.49. The highest BCUT2D eigenvalue weighted by Crippen LogP contribution is 2.20. The van der Waals surface area contributed by atoms with Crippen LogP contribution in [-0.2, 0) is 16.6 Å². The minimum Gasteiger partial charge on any atom is -0.497 e. The molecule has 1 fully saturated rings. The lowest BCUT2D eigenvalue weighted by molar-refractivity contribution is 0.101. The van der Waals surface area contributed by atoms with Gasteiger partial charge >= 0.3 is 0 Å². The highest BCUT2D eigenvalue weighted by Gasteiger charge is 2.27. The van der Waals surface area contributed by atoms with Crippen molar-refractivity contribution in [2.24, 2.45) is 0 Å². The number of ether oxygens (including phenoxy) is 1. The molecule has 3 rings (SSSR count). The molecule has 28 heavy (non-hydrogen) atoms. The SMILES string of the molecule is COc1ccc(CN2CCCN(S(=O)(=O)c3ccc(C(C)=O)cc3)CC2)cc1. The number of methoxy groups -OCH3 is 1. The molecule has 0 radical (unpaired) electrons. The lowest BCUT2D eigenvalue weighted by atomic mass is 10.2. The van der Waals surface area contributed by atoms with E-state index in [1.165, 1.54) is 24.6 Å². The topological polar surface area (TPSA) is 66.9 Å². The summed E-state index contributed by atoms with van der Waals surface area (Å²) in [5.74, 6) is 0.751. The number of ketones is 1. The highest BCUT2D eigenvalue weighted by atomic mass is 32.2. The predicted octanol–water partition coefficient (Wildman–Crippen LogP) is 2.79. The van der Waals surface area contributed by atoms with Crippen LogP contribution < -0.4 is 4.74 Å². The second-order valence-corrected chi connectivity index (χ2v) is 8.90. The van der Waals surface area contributed by atoms with Crippen molar-refractivity contribution in [1.82, 2.24) is 9.21 Å². The van der Waals surface area contributed by atoms with E-state index in [0.717, 1.165) is 25.3 Å². The third-order valence-electron chi connectivity index (χ3n) is 5.01. The van der Waals surface area contributed by atoms with Crippen molar-refractivity contribution in [2.75, 3.05) is 33.3 Å². The summed E-state index contributed by atoms with van der Waals surface area (Å²) in [6.45, 7) is 4.72. The van der Waals surface area contributed by atoms with Crippen LogP contribution >= 0.6 is 0 Å². The Morgan fingerprint density at radius 2 is 1.64 bits per heavy atom. The molecule has 1 heterocycles. The van der Waals surface area contributed by atoms with E-state index < -0.39 is 10.0 Å². The summed E-state index contributed by atoms with van der Waals surface area (Å²) in [6, 6.07) is 14.1. The van der Waals surface area contributed by atoms with E-state index in [9.17, 15) is 13.2 Å². The maximum atomic E-state index is 13.0. The molecule has 1 aliphatic rings. The molecule has 2 aromatic rings. The maximum absolute atomic E-state index is 13.0. The fourth-order valence-electron chi connectivity index (χ4n) is 3.35. The van der Waals surface area contributed by atoms with Gasteiger partial charge in [-0.1, -0.05) is 24.3 Å². The fourth-order valence-corrected chi connectivity index (χ4v) is 4.82. The van der Waals surface area contributed by atoms with Gasteiger partial charge in [-0.2, -0.15) is 4.31 Å². The number of hydrogen-bond donors (Lipinski definition) is 0. The van der Waals surface area contributed by atoms with Crippen molar-refractivity contribution >= 4 is 15.8 Å². The summed E-state index contributed by atoms with van der Waals surface area (Å²) in [7, 11) is -1.91. The zero-order valence-electron chi connectivity index (χ0n) is 16.3. The van der Waals surface area contributed by atoms with Gasteiger partial charge in [-0.15, -0.1) is 0 Å². The molecule has 0 aliphatic carbocycles. The summed E-state index contributed by atoms with van der Waals surface area (Å²) < 4.78 is 32.7. The number of sulfonamides is 1. The van der Waals surface area contributed by atoms with E-state index in [-0.39, 0.29) is 10.7 Å². The molecule has 1 saturated heterocycles. The van der Waals surface area contributed by atoms with Crippen LogP contribution in [0.3, 0.4) is 0 Å². The Labute approximate surface area is 166 Å². The molecule has 0 saturated carbocycles. The van der Waals surface area contributed by atoms with E-state index in [2.05, 4.69) is 4.90 Å². The minimum absolute atomic E-state index is 0.0760. The number of rotatable bonds is 6. The molecule has 0 unspecified atom stereocenters. The lowest BCUT2D eigenvalue weighted by Crippen LogP contribution is -2.35. The number of carbonyl (C=O) groups is 1. The van der Waals surface area contributed by atoms with E-state index in [0.29, 0.717) is 25.2 Å². The molecule has 0 N–H and O–H groups in total. The van der Waals surface area contributed by atoms with Crippen LogP contribution in [0.25, 0.3) is 0 Å². The first-order chi connectivity index (χ1) is 13.4. The quantitative estimate of drug-likeness (QED) is 0.695. The van der Waals surface area contributed by atoms with Crippen LogP contribution in [0.1, 0.15) is 29.3 Å². The molecule has 0 amide bonds. The van der Waals surface area contributed by atoms with Gasteiger partial charge in [-0.25, -0.2) is 8.42 Å². The van der Waals surface area contributed by atoms with Crippen LogP contribution in [-0.4, -0.2) is 56.7 Å². The van der Waals surface area contributed by atoms with E-state index in [1.54, 1.807) is 23.5 Å². The van der Waals surface area contributed by atoms with Crippen molar-refractivity contribution in [1.29, 1.82) is 0 Å². The fraction of sp³-hybridized carbons (Fsp3) is 0.381. The summed E-state index contributed by atoms with van der Waals surface area (Å²) >= 11 is 0. The molecule has 6 nitrogen and oxygen atoms in total. The standard InChI is InChI=1S/C21H26N2O4S/c1-17(24)19-6-10-21(11-7-19)28(25,26)23-13-3-12-22(14-15-23)16-18-4-8-20(27-2)9-5-18/h4-11H,3,12-16H2,1-2H3. The third kappa shape index (κ3) is 4.79. The summed E-state index contributed by atoms with van der Waals surface area (Å²) in [4.78, 5) is 13.9. The molecule has 0 aromatic heterocycles. The molecule has 2 aromatic carbocycles. The van der Waals surface area contributed by atoms with Crippen LogP contribution in [0, 0.1) is 0 Å². The number of Topliss-reactive ketones (excluding diaryl/α,β-unsaturated/α-hetero) is 1. The number of hydrogen-bond acceptors (Lipinski definition) is 5. The van der Waals surface area contributed by atoms with Gasteiger partial charge < -0.3 is 4.74 Å². The molecule has 150 valence electrons. The Morgan fingerprint density at radius 3 is 2.25 bits per heavy atom. The first kappa shape index (κ1) is 20.5. The van der Waals surface area contributed by atoms with Crippen molar-refractivity contribution < 1.29 is 17.9 Å². The van der Waals surface area contributed by atoms with Crippen molar-refractivity contribution in [3.05, 3.63) is 59.7 Å². The smallest absolute Gasteiger partial charge is 0.243 e. The van der Waals surface area contributed by atoms with Gasteiger partial charge in [0, 0.05) is 31.7 Å². The normalized spacial score (nSPS) is 16.5. The molecular weight excluding hydrogens is 376 g/mol. The van der Waals surface area contributed by atoms with Gasteiger partial charge in [0.1, 0.15) is 5.75 Å². The van der Waals surface area contributed by atoms with Crippen LogP contribution in [0.15, 0.2) is 53.4 Å². The van der Waals surface area contributed by atoms with Gasteiger partial charge in [-0.3, -0.25) is 9.69 Å². The molecule has 0 atom stereocenters. The highest BCUT2D eigenvalue weighted by molar-refractivity contribution is 7.89. The Bertz CT molecular complexity index is 908. The number of benzene rings is 2. The Morgan fingerprint density at radius 1 is 0.964 bits per heavy atom. The van der Waals surface area contributed by atoms with Gasteiger partial charge in [0.2, 0.25) is 10.0 Å². The Hall–Kier alpha value is -2.22. The first-order valence-electron chi connectivity index (χ1n) is 9.36. The summed E-state index contributed by atoms with van der Waals surface area (Å²) in [5.41, 5.74) is 1.69. The van der Waals surface area contributed by atoms with Gasteiger partial charge in [0.25, 0.3) is 0 Å². The number of nitrogens with zero attached hydrogens (tertiary/aromatic N) is 2. The van der Waals surface area contributed by atoms with Crippen LogP contribution in [0.4, 0.5) is 0 Å². The number of carbonyl (C=O) groups excluding carboxylic acids is 1. The summed E-state index contributed by atoms with van der Waals surface area (Å²) in [5, 5.41) is 0. The third-order valence-corrected chi connectivity index (χ3v) is 6.92. The molecular formula is C21H26N2O4S. The van der Waals surface area contributed by atoms with Crippen LogP contribution in [0.5, 0.6) is 5.75 Å². The predicted molar refractivity (Wildman–Crippen MR) is 108 cm³/mol. The van der Waals surface area contributed by atoms with E-state index in [4.69, 9.17) is 4.74 Å². The summed E-state index contributed by atoms with van der Waals surface area (Å²) in [6.07, 6.45) is 0.779. The average molecular weight is 403 g/mol.